The smallest absolute Gasteiger partial charge is 0.271 e. The average Bonchev–Trinajstić information content (AvgIpc) is 2.86. The molecule has 0 radical (unpaired) electrons. The van der Waals surface area contributed by atoms with Gasteiger partial charge in [0, 0.05) is 18.3 Å². The van der Waals surface area contributed by atoms with E-state index in [1.54, 1.807) is 16.9 Å². The molecule has 0 saturated heterocycles. The van der Waals surface area contributed by atoms with Crippen molar-refractivity contribution in [2.45, 2.75) is 109 Å². The topological polar surface area (TPSA) is 76.0 Å². The van der Waals surface area contributed by atoms with Crippen LogP contribution < -0.4 is 10.6 Å². The fourth-order valence-electron chi connectivity index (χ4n) is 4.53. The van der Waals surface area contributed by atoms with Crippen LogP contribution in [0.4, 0.5) is 0 Å². The number of carbonyl (C=O) groups is 2. The van der Waals surface area contributed by atoms with Crippen LogP contribution >= 0.6 is 0 Å². The van der Waals surface area contributed by atoms with E-state index in [-0.39, 0.29) is 29.9 Å². The first-order valence-electron chi connectivity index (χ1n) is 11.3. The molecule has 1 heterocycles. The van der Waals surface area contributed by atoms with E-state index in [9.17, 15) is 9.59 Å². The number of aromatic nitrogens is 2. The molecule has 2 fully saturated rings. The first kappa shape index (κ1) is 20.9. The second-order valence-electron chi connectivity index (χ2n) is 8.46. The molecule has 1 aromatic heterocycles. The highest BCUT2D eigenvalue weighted by molar-refractivity contribution is 5.92. The standard InChI is InChI=1S/C22H36N4O2/c1-2-20(22(28)24-18-13-9-5-6-10-14-18)26-16-15-19(25-26)21(27)23-17-11-7-3-4-8-12-17/h15-18,20H,2-14H2,1H3,(H,23,27)(H,24,28)/t20-/m1/s1. The van der Waals surface area contributed by atoms with Crippen LogP contribution in [0.3, 0.4) is 0 Å². The van der Waals surface area contributed by atoms with Gasteiger partial charge >= 0.3 is 0 Å². The van der Waals surface area contributed by atoms with E-state index < -0.39 is 0 Å². The van der Waals surface area contributed by atoms with Gasteiger partial charge in [-0.3, -0.25) is 14.3 Å². The average molecular weight is 389 g/mol. The first-order valence-corrected chi connectivity index (χ1v) is 11.3. The molecule has 28 heavy (non-hydrogen) atoms. The Labute approximate surface area is 168 Å². The van der Waals surface area contributed by atoms with Crippen LogP contribution in [0.25, 0.3) is 0 Å². The Morgan fingerprint density at radius 1 is 0.964 bits per heavy atom. The number of carbonyl (C=O) groups excluding carboxylic acids is 2. The molecule has 2 N–H and O–H groups in total. The number of nitrogens with one attached hydrogen (secondary N) is 2. The molecule has 2 saturated carbocycles. The lowest BCUT2D eigenvalue weighted by molar-refractivity contribution is -0.125. The van der Waals surface area contributed by atoms with Crippen LogP contribution in [-0.2, 0) is 4.79 Å². The number of hydrogen-bond donors (Lipinski definition) is 2. The Morgan fingerprint density at radius 2 is 1.50 bits per heavy atom. The summed E-state index contributed by atoms with van der Waals surface area (Å²) in [7, 11) is 0. The molecular formula is C22H36N4O2. The van der Waals surface area contributed by atoms with Crippen molar-refractivity contribution in [3.63, 3.8) is 0 Å². The van der Waals surface area contributed by atoms with Crippen LogP contribution in [0.15, 0.2) is 12.3 Å². The molecule has 2 aliphatic rings. The molecule has 1 atom stereocenters. The van der Waals surface area contributed by atoms with Gasteiger partial charge in [-0.25, -0.2) is 0 Å². The van der Waals surface area contributed by atoms with Gasteiger partial charge in [-0.1, -0.05) is 58.3 Å². The van der Waals surface area contributed by atoms with Crippen LogP contribution in [0.2, 0.25) is 0 Å². The Bertz CT molecular complexity index is 626. The molecule has 0 unspecified atom stereocenters. The highest BCUT2D eigenvalue weighted by atomic mass is 16.2. The van der Waals surface area contributed by atoms with E-state index >= 15 is 0 Å². The largest absolute Gasteiger partial charge is 0.352 e. The molecule has 6 heteroatoms. The summed E-state index contributed by atoms with van der Waals surface area (Å²) < 4.78 is 1.66. The molecular weight excluding hydrogens is 352 g/mol. The lowest BCUT2D eigenvalue weighted by Gasteiger charge is -2.21. The monoisotopic (exact) mass is 388 g/mol. The van der Waals surface area contributed by atoms with Crippen molar-refractivity contribution in [2.75, 3.05) is 0 Å². The van der Waals surface area contributed by atoms with Gasteiger partial charge in [-0.2, -0.15) is 5.10 Å². The van der Waals surface area contributed by atoms with Crippen LogP contribution in [-0.4, -0.2) is 33.7 Å². The summed E-state index contributed by atoms with van der Waals surface area (Å²) in [4.78, 5) is 25.4. The number of amides is 2. The van der Waals surface area contributed by atoms with Gasteiger partial charge < -0.3 is 10.6 Å². The van der Waals surface area contributed by atoms with E-state index in [2.05, 4.69) is 15.7 Å². The molecule has 0 aliphatic heterocycles. The lowest BCUT2D eigenvalue weighted by atomic mass is 10.1. The fourth-order valence-corrected chi connectivity index (χ4v) is 4.53. The zero-order chi connectivity index (χ0) is 19.8. The van der Waals surface area contributed by atoms with Crippen molar-refractivity contribution in [1.82, 2.24) is 20.4 Å². The molecule has 2 amide bonds. The summed E-state index contributed by atoms with van der Waals surface area (Å²) >= 11 is 0. The summed E-state index contributed by atoms with van der Waals surface area (Å²) in [5, 5.41) is 10.8. The van der Waals surface area contributed by atoms with Gasteiger partial charge in [0.05, 0.1) is 0 Å². The third-order valence-corrected chi connectivity index (χ3v) is 6.24. The molecule has 2 aliphatic carbocycles. The molecule has 1 aromatic rings. The maximum atomic E-state index is 12.8. The molecule has 3 rings (SSSR count). The van der Waals surface area contributed by atoms with E-state index in [1.807, 2.05) is 6.92 Å². The minimum absolute atomic E-state index is 0.0215. The third-order valence-electron chi connectivity index (χ3n) is 6.24. The maximum Gasteiger partial charge on any atom is 0.271 e. The Kier molecular flexibility index (Phi) is 7.92. The highest BCUT2D eigenvalue weighted by Gasteiger charge is 2.24. The fraction of sp³-hybridized carbons (Fsp3) is 0.773. The van der Waals surface area contributed by atoms with Crippen molar-refractivity contribution < 1.29 is 9.59 Å². The van der Waals surface area contributed by atoms with Crippen LogP contribution in [0, 0.1) is 0 Å². The first-order chi connectivity index (χ1) is 13.7. The lowest BCUT2D eigenvalue weighted by Crippen LogP contribution is -2.39. The SMILES string of the molecule is CC[C@H](C(=O)NC1CCCCCC1)n1ccc(C(=O)NC2CCCCCC2)n1. The zero-order valence-corrected chi connectivity index (χ0v) is 17.3. The molecule has 0 aromatic carbocycles. The van der Waals surface area contributed by atoms with Crippen LogP contribution in [0.5, 0.6) is 0 Å². The predicted octanol–water partition coefficient (Wildman–Crippen LogP) is 4.13. The molecule has 6 nitrogen and oxygen atoms in total. The minimum atomic E-state index is -0.359. The number of nitrogens with zero attached hydrogens (tertiary/aromatic N) is 2. The second kappa shape index (κ2) is 10.6. The highest BCUT2D eigenvalue weighted by Crippen LogP contribution is 2.20. The summed E-state index contributed by atoms with van der Waals surface area (Å²) in [6, 6.07) is 1.90. The zero-order valence-electron chi connectivity index (χ0n) is 17.3. The second-order valence-corrected chi connectivity index (χ2v) is 8.46. The summed E-state index contributed by atoms with van der Waals surface area (Å²) in [6.45, 7) is 1.99. The van der Waals surface area contributed by atoms with E-state index in [0.29, 0.717) is 12.1 Å². The number of hydrogen-bond acceptors (Lipinski definition) is 3. The molecule has 0 bridgehead atoms. The summed E-state index contributed by atoms with van der Waals surface area (Å²) in [5.74, 6) is -0.0992. The van der Waals surface area contributed by atoms with Gasteiger partial charge in [0.25, 0.3) is 5.91 Å². The van der Waals surface area contributed by atoms with E-state index in [1.165, 1.54) is 51.4 Å². The summed E-state index contributed by atoms with van der Waals surface area (Å²) in [6.07, 6.45) is 16.4. The van der Waals surface area contributed by atoms with Gasteiger partial charge in [-0.05, 0) is 38.2 Å². The Balaban J connectivity index is 1.58. The normalized spacial score (nSPS) is 20.8. The van der Waals surface area contributed by atoms with Gasteiger partial charge in [0.15, 0.2) is 0 Å². The number of rotatable bonds is 6. The maximum absolute atomic E-state index is 12.8. The van der Waals surface area contributed by atoms with E-state index in [0.717, 1.165) is 25.7 Å². The minimum Gasteiger partial charge on any atom is -0.352 e. The van der Waals surface area contributed by atoms with Crippen molar-refractivity contribution in [1.29, 1.82) is 0 Å². The van der Waals surface area contributed by atoms with E-state index in [4.69, 9.17) is 0 Å². The predicted molar refractivity (Wildman–Crippen MR) is 110 cm³/mol. The van der Waals surface area contributed by atoms with Gasteiger partial charge in [0.1, 0.15) is 11.7 Å². The Morgan fingerprint density at radius 3 is 2.04 bits per heavy atom. The van der Waals surface area contributed by atoms with Crippen molar-refractivity contribution in [2.24, 2.45) is 0 Å². The molecule has 156 valence electrons. The van der Waals surface area contributed by atoms with Crippen LogP contribution in [0.1, 0.15) is 107 Å². The van der Waals surface area contributed by atoms with Crippen molar-refractivity contribution >= 4 is 11.8 Å². The Hall–Kier alpha value is -1.85. The quantitative estimate of drug-likeness (QED) is 0.720. The third kappa shape index (κ3) is 5.82. The van der Waals surface area contributed by atoms with Crippen molar-refractivity contribution in [3.8, 4) is 0 Å². The van der Waals surface area contributed by atoms with Gasteiger partial charge in [-0.15, -0.1) is 0 Å². The summed E-state index contributed by atoms with van der Waals surface area (Å²) in [5.41, 5.74) is 0.407. The van der Waals surface area contributed by atoms with Crippen molar-refractivity contribution in [3.05, 3.63) is 18.0 Å². The van der Waals surface area contributed by atoms with Gasteiger partial charge in [0.2, 0.25) is 5.91 Å². The molecule has 0 spiro atoms.